The molecule has 2 aromatic rings. The molecule has 0 atom stereocenters. The standard InChI is InChI=1S/C22H28N2O2/c25-22(14-17-24-15-6-1-2-7-16-24)23-20-10-12-21(13-11-20)26-18-19-8-4-3-5-9-19/h3-5,8-13H,1-2,6-7,14-18H2,(H,23,25). The molecule has 0 radical (unpaired) electrons. The zero-order valence-electron chi connectivity index (χ0n) is 15.3. The average molecular weight is 352 g/mol. The molecule has 1 aliphatic rings. The second-order valence-corrected chi connectivity index (χ2v) is 6.85. The molecule has 26 heavy (non-hydrogen) atoms. The average Bonchev–Trinajstić information content (AvgIpc) is 2.96. The van der Waals surface area contributed by atoms with Crippen LogP contribution in [0, 0.1) is 0 Å². The zero-order valence-corrected chi connectivity index (χ0v) is 15.3. The summed E-state index contributed by atoms with van der Waals surface area (Å²) in [5, 5.41) is 2.98. The number of ether oxygens (including phenoxy) is 1. The first-order chi connectivity index (χ1) is 12.8. The van der Waals surface area contributed by atoms with E-state index in [0.717, 1.165) is 36.6 Å². The second-order valence-electron chi connectivity index (χ2n) is 6.85. The minimum absolute atomic E-state index is 0.0761. The van der Waals surface area contributed by atoms with E-state index in [1.54, 1.807) is 0 Å². The Morgan fingerprint density at radius 3 is 2.31 bits per heavy atom. The third-order valence-electron chi connectivity index (χ3n) is 4.74. The lowest BCUT2D eigenvalue weighted by molar-refractivity contribution is -0.116. The molecular formula is C22H28N2O2. The molecule has 138 valence electrons. The fraction of sp³-hybridized carbons (Fsp3) is 0.409. The van der Waals surface area contributed by atoms with Gasteiger partial charge in [-0.2, -0.15) is 0 Å². The molecule has 0 aromatic heterocycles. The van der Waals surface area contributed by atoms with E-state index in [1.165, 1.54) is 25.7 Å². The van der Waals surface area contributed by atoms with Crippen molar-refractivity contribution in [2.24, 2.45) is 0 Å². The summed E-state index contributed by atoms with van der Waals surface area (Å²) in [6.07, 6.45) is 5.70. The highest BCUT2D eigenvalue weighted by Gasteiger charge is 2.11. The Kier molecular flexibility index (Phi) is 7.08. The number of anilines is 1. The normalized spacial score (nSPS) is 15.2. The number of hydrogen-bond donors (Lipinski definition) is 1. The Hall–Kier alpha value is -2.33. The minimum Gasteiger partial charge on any atom is -0.489 e. The highest BCUT2D eigenvalue weighted by molar-refractivity contribution is 5.90. The van der Waals surface area contributed by atoms with Gasteiger partial charge in [0, 0.05) is 18.7 Å². The van der Waals surface area contributed by atoms with Crippen molar-refractivity contribution >= 4 is 11.6 Å². The third-order valence-corrected chi connectivity index (χ3v) is 4.74. The van der Waals surface area contributed by atoms with Crippen molar-refractivity contribution in [3.05, 3.63) is 60.2 Å². The maximum Gasteiger partial charge on any atom is 0.225 e. The van der Waals surface area contributed by atoms with Gasteiger partial charge in [-0.3, -0.25) is 4.79 Å². The number of amides is 1. The number of likely N-dealkylation sites (tertiary alicyclic amines) is 1. The van der Waals surface area contributed by atoms with E-state index < -0.39 is 0 Å². The highest BCUT2D eigenvalue weighted by Crippen LogP contribution is 2.17. The first kappa shape index (κ1) is 18.5. The van der Waals surface area contributed by atoms with Crippen molar-refractivity contribution in [2.75, 3.05) is 25.0 Å². The molecule has 1 heterocycles. The van der Waals surface area contributed by atoms with Crippen molar-refractivity contribution in [1.82, 2.24) is 4.90 Å². The zero-order chi connectivity index (χ0) is 18.0. The molecular weight excluding hydrogens is 324 g/mol. The molecule has 0 bridgehead atoms. The summed E-state index contributed by atoms with van der Waals surface area (Å²) in [5.74, 6) is 0.878. The van der Waals surface area contributed by atoms with Gasteiger partial charge < -0.3 is 15.0 Å². The summed E-state index contributed by atoms with van der Waals surface area (Å²) in [4.78, 5) is 14.6. The van der Waals surface area contributed by atoms with E-state index in [9.17, 15) is 4.79 Å². The number of carbonyl (C=O) groups is 1. The highest BCUT2D eigenvalue weighted by atomic mass is 16.5. The topological polar surface area (TPSA) is 41.6 Å². The number of nitrogens with zero attached hydrogens (tertiary/aromatic N) is 1. The Labute approximate surface area is 156 Å². The summed E-state index contributed by atoms with van der Waals surface area (Å²) < 4.78 is 5.77. The van der Waals surface area contributed by atoms with Gasteiger partial charge in [-0.15, -0.1) is 0 Å². The first-order valence-corrected chi connectivity index (χ1v) is 9.58. The van der Waals surface area contributed by atoms with E-state index in [1.807, 2.05) is 54.6 Å². The number of hydrogen-bond acceptors (Lipinski definition) is 3. The van der Waals surface area contributed by atoms with Crippen molar-refractivity contribution < 1.29 is 9.53 Å². The SMILES string of the molecule is O=C(CCN1CCCCCC1)Nc1ccc(OCc2ccccc2)cc1. The van der Waals surface area contributed by atoms with E-state index in [0.29, 0.717) is 13.0 Å². The van der Waals surface area contributed by atoms with Gasteiger partial charge in [-0.1, -0.05) is 43.2 Å². The van der Waals surface area contributed by atoms with Crippen LogP contribution in [-0.4, -0.2) is 30.4 Å². The fourth-order valence-electron chi connectivity index (χ4n) is 3.22. The Bertz CT molecular complexity index is 662. The van der Waals surface area contributed by atoms with Gasteiger partial charge in [0.25, 0.3) is 0 Å². The summed E-state index contributed by atoms with van der Waals surface area (Å²) >= 11 is 0. The van der Waals surface area contributed by atoms with E-state index in [4.69, 9.17) is 4.74 Å². The van der Waals surface area contributed by atoms with Crippen LogP contribution in [0.2, 0.25) is 0 Å². The van der Waals surface area contributed by atoms with Gasteiger partial charge in [0.2, 0.25) is 5.91 Å². The molecule has 0 spiro atoms. The predicted octanol–water partition coefficient (Wildman–Crippen LogP) is 4.47. The van der Waals surface area contributed by atoms with Crippen LogP contribution in [0.25, 0.3) is 0 Å². The van der Waals surface area contributed by atoms with Crippen LogP contribution in [0.15, 0.2) is 54.6 Å². The Morgan fingerprint density at radius 1 is 0.923 bits per heavy atom. The fourth-order valence-corrected chi connectivity index (χ4v) is 3.22. The molecule has 0 aliphatic carbocycles. The van der Waals surface area contributed by atoms with Crippen LogP contribution in [0.3, 0.4) is 0 Å². The van der Waals surface area contributed by atoms with Crippen molar-refractivity contribution in [3.8, 4) is 5.75 Å². The quantitative estimate of drug-likeness (QED) is 0.799. The molecule has 1 N–H and O–H groups in total. The smallest absolute Gasteiger partial charge is 0.225 e. The van der Waals surface area contributed by atoms with Crippen LogP contribution in [0.1, 0.15) is 37.7 Å². The lowest BCUT2D eigenvalue weighted by Crippen LogP contribution is -2.28. The van der Waals surface area contributed by atoms with Gasteiger partial charge in [-0.25, -0.2) is 0 Å². The van der Waals surface area contributed by atoms with Crippen molar-refractivity contribution in [3.63, 3.8) is 0 Å². The lowest BCUT2D eigenvalue weighted by atomic mass is 10.2. The number of nitrogens with one attached hydrogen (secondary N) is 1. The largest absolute Gasteiger partial charge is 0.489 e. The van der Waals surface area contributed by atoms with Gasteiger partial charge >= 0.3 is 0 Å². The monoisotopic (exact) mass is 352 g/mol. The minimum atomic E-state index is 0.0761. The maximum absolute atomic E-state index is 12.2. The maximum atomic E-state index is 12.2. The summed E-state index contributed by atoms with van der Waals surface area (Å²) in [6, 6.07) is 17.7. The third kappa shape index (κ3) is 6.19. The van der Waals surface area contributed by atoms with E-state index >= 15 is 0 Å². The molecule has 1 aliphatic heterocycles. The van der Waals surface area contributed by atoms with Gasteiger partial charge in [0.15, 0.2) is 0 Å². The first-order valence-electron chi connectivity index (χ1n) is 9.58. The van der Waals surface area contributed by atoms with Crippen molar-refractivity contribution in [1.29, 1.82) is 0 Å². The molecule has 0 saturated carbocycles. The van der Waals surface area contributed by atoms with Gasteiger partial charge in [-0.05, 0) is 55.8 Å². The number of rotatable bonds is 7. The molecule has 4 heteroatoms. The van der Waals surface area contributed by atoms with Crippen LogP contribution >= 0.6 is 0 Å². The number of benzene rings is 2. The van der Waals surface area contributed by atoms with Crippen LogP contribution in [-0.2, 0) is 11.4 Å². The van der Waals surface area contributed by atoms with Gasteiger partial charge in [0.05, 0.1) is 0 Å². The van der Waals surface area contributed by atoms with E-state index in [2.05, 4.69) is 10.2 Å². The van der Waals surface area contributed by atoms with Crippen LogP contribution < -0.4 is 10.1 Å². The Balaban J connectivity index is 1.41. The molecule has 1 fully saturated rings. The molecule has 0 unspecified atom stereocenters. The summed E-state index contributed by atoms with van der Waals surface area (Å²) in [7, 11) is 0. The molecule has 1 saturated heterocycles. The molecule has 3 rings (SSSR count). The van der Waals surface area contributed by atoms with Crippen LogP contribution in [0.4, 0.5) is 5.69 Å². The predicted molar refractivity (Wildman–Crippen MR) is 105 cm³/mol. The van der Waals surface area contributed by atoms with Crippen LogP contribution in [0.5, 0.6) is 5.75 Å². The van der Waals surface area contributed by atoms with E-state index in [-0.39, 0.29) is 5.91 Å². The molecule has 2 aromatic carbocycles. The Morgan fingerprint density at radius 2 is 1.62 bits per heavy atom. The summed E-state index contributed by atoms with van der Waals surface area (Å²) in [6.45, 7) is 3.65. The molecule has 4 nitrogen and oxygen atoms in total. The second kappa shape index (κ2) is 9.97. The lowest BCUT2D eigenvalue weighted by Gasteiger charge is -2.19. The summed E-state index contributed by atoms with van der Waals surface area (Å²) in [5.41, 5.74) is 1.95. The van der Waals surface area contributed by atoms with Crippen molar-refractivity contribution in [2.45, 2.75) is 38.7 Å². The van der Waals surface area contributed by atoms with Gasteiger partial charge in [0.1, 0.15) is 12.4 Å². The molecule has 1 amide bonds. The number of carbonyl (C=O) groups excluding carboxylic acids is 1.